The fourth-order valence-electron chi connectivity index (χ4n) is 3.38. The first-order chi connectivity index (χ1) is 14.1. The number of hydrogen-bond acceptors (Lipinski definition) is 5. The van der Waals surface area contributed by atoms with Crippen molar-refractivity contribution in [2.75, 3.05) is 47.0 Å². The van der Waals surface area contributed by atoms with Crippen LogP contribution < -0.4 is 14.2 Å². The summed E-state index contributed by atoms with van der Waals surface area (Å²) in [7, 11) is 3.05. The van der Waals surface area contributed by atoms with Crippen LogP contribution in [-0.4, -0.2) is 68.6 Å². The van der Waals surface area contributed by atoms with E-state index in [2.05, 4.69) is 0 Å². The van der Waals surface area contributed by atoms with Gasteiger partial charge in [0.15, 0.2) is 0 Å². The summed E-state index contributed by atoms with van der Waals surface area (Å²) in [6, 6.07) is 12.4. The number of nitrogens with zero attached hydrogens (tertiary/aromatic N) is 2. The average molecular weight is 398 g/mol. The third-order valence-electron chi connectivity index (χ3n) is 4.91. The summed E-state index contributed by atoms with van der Waals surface area (Å²) in [5.74, 6) is 1.48. The molecule has 0 N–H and O–H groups in total. The molecule has 0 bridgehead atoms. The van der Waals surface area contributed by atoms with Crippen molar-refractivity contribution in [1.29, 1.82) is 0 Å². The first-order valence-corrected chi connectivity index (χ1v) is 9.61. The van der Waals surface area contributed by atoms with E-state index in [0.29, 0.717) is 55.4 Å². The van der Waals surface area contributed by atoms with Gasteiger partial charge in [-0.2, -0.15) is 0 Å². The van der Waals surface area contributed by atoms with Gasteiger partial charge in [-0.3, -0.25) is 9.59 Å². The van der Waals surface area contributed by atoms with Gasteiger partial charge in [-0.25, -0.2) is 0 Å². The first kappa shape index (κ1) is 20.5. The Bertz CT molecular complexity index is 836. The lowest BCUT2D eigenvalue weighted by Crippen LogP contribution is -2.50. The lowest BCUT2D eigenvalue weighted by Gasteiger charge is -2.35. The number of rotatable bonds is 6. The lowest BCUT2D eigenvalue weighted by atomic mass is 10.1. The smallest absolute Gasteiger partial charge is 0.261 e. The van der Waals surface area contributed by atoms with Crippen LogP contribution in [-0.2, 0) is 0 Å². The third kappa shape index (κ3) is 4.45. The molecule has 1 fully saturated rings. The highest BCUT2D eigenvalue weighted by molar-refractivity contribution is 6.00. The molecule has 1 saturated heterocycles. The second kappa shape index (κ2) is 9.32. The normalized spacial score (nSPS) is 13.8. The van der Waals surface area contributed by atoms with E-state index in [4.69, 9.17) is 14.2 Å². The molecule has 1 heterocycles. The Morgan fingerprint density at radius 3 is 1.83 bits per heavy atom. The maximum Gasteiger partial charge on any atom is 0.261 e. The van der Waals surface area contributed by atoms with Crippen LogP contribution in [0.2, 0.25) is 0 Å². The highest BCUT2D eigenvalue weighted by Gasteiger charge is 2.29. The zero-order valence-corrected chi connectivity index (χ0v) is 17.0. The predicted molar refractivity (Wildman–Crippen MR) is 109 cm³/mol. The molecule has 0 unspecified atom stereocenters. The fourth-order valence-corrected chi connectivity index (χ4v) is 3.38. The van der Waals surface area contributed by atoms with E-state index in [1.165, 1.54) is 14.2 Å². The SMILES string of the molecule is CCOc1ccc(C(=O)N2CCN(C(=O)c3c(OC)cccc3OC)CC2)cc1. The maximum atomic E-state index is 13.1. The molecule has 29 heavy (non-hydrogen) atoms. The van der Waals surface area contributed by atoms with Crippen LogP contribution in [0.25, 0.3) is 0 Å². The Labute approximate surface area is 170 Å². The van der Waals surface area contributed by atoms with Crippen molar-refractivity contribution in [3.63, 3.8) is 0 Å². The molecule has 0 radical (unpaired) electrons. The van der Waals surface area contributed by atoms with Crippen molar-refractivity contribution < 1.29 is 23.8 Å². The van der Waals surface area contributed by atoms with Gasteiger partial charge in [-0.05, 0) is 43.3 Å². The van der Waals surface area contributed by atoms with Gasteiger partial charge in [-0.15, -0.1) is 0 Å². The van der Waals surface area contributed by atoms with Gasteiger partial charge in [0.05, 0.1) is 20.8 Å². The number of piperazine rings is 1. The van der Waals surface area contributed by atoms with Crippen molar-refractivity contribution in [3.05, 3.63) is 53.6 Å². The number of methoxy groups -OCH3 is 2. The Balaban J connectivity index is 1.66. The molecule has 0 aliphatic carbocycles. The number of hydrogen-bond donors (Lipinski definition) is 0. The molecule has 1 aliphatic rings. The van der Waals surface area contributed by atoms with Gasteiger partial charge >= 0.3 is 0 Å². The van der Waals surface area contributed by atoms with E-state index < -0.39 is 0 Å². The zero-order chi connectivity index (χ0) is 20.8. The molecule has 3 rings (SSSR count). The molecule has 2 aromatic carbocycles. The maximum absolute atomic E-state index is 13.1. The van der Waals surface area contributed by atoms with E-state index in [9.17, 15) is 9.59 Å². The quantitative estimate of drug-likeness (QED) is 0.748. The molecule has 0 aromatic heterocycles. The first-order valence-electron chi connectivity index (χ1n) is 9.61. The van der Waals surface area contributed by atoms with Crippen LogP contribution in [0.1, 0.15) is 27.6 Å². The molecular formula is C22H26N2O5. The molecule has 1 aliphatic heterocycles. The van der Waals surface area contributed by atoms with Crippen LogP contribution in [0.5, 0.6) is 17.2 Å². The molecule has 7 heteroatoms. The summed E-state index contributed by atoms with van der Waals surface area (Å²) in [6.07, 6.45) is 0. The number of carbonyl (C=O) groups excluding carboxylic acids is 2. The van der Waals surface area contributed by atoms with E-state index in [-0.39, 0.29) is 11.8 Å². The minimum Gasteiger partial charge on any atom is -0.496 e. The summed E-state index contributed by atoms with van der Waals surface area (Å²) in [5.41, 5.74) is 1.02. The van der Waals surface area contributed by atoms with E-state index >= 15 is 0 Å². The molecule has 0 atom stereocenters. The molecular weight excluding hydrogens is 372 g/mol. The second-order valence-corrected chi connectivity index (χ2v) is 6.58. The highest BCUT2D eigenvalue weighted by atomic mass is 16.5. The fraction of sp³-hybridized carbons (Fsp3) is 0.364. The van der Waals surface area contributed by atoms with Crippen molar-refractivity contribution in [1.82, 2.24) is 9.80 Å². The number of ether oxygens (including phenoxy) is 3. The Morgan fingerprint density at radius 1 is 0.828 bits per heavy atom. The summed E-state index contributed by atoms with van der Waals surface area (Å²) >= 11 is 0. The monoisotopic (exact) mass is 398 g/mol. The van der Waals surface area contributed by atoms with Crippen LogP contribution >= 0.6 is 0 Å². The zero-order valence-electron chi connectivity index (χ0n) is 17.0. The van der Waals surface area contributed by atoms with E-state index in [1.54, 1.807) is 52.3 Å². The molecule has 7 nitrogen and oxygen atoms in total. The third-order valence-corrected chi connectivity index (χ3v) is 4.91. The van der Waals surface area contributed by atoms with Crippen LogP contribution in [0.3, 0.4) is 0 Å². The average Bonchev–Trinajstić information content (AvgIpc) is 2.78. The molecule has 154 valence electrons. The van der Waals surface area contributed by atoms with E-state index in [0.717, 1.165) is 5.75 Å². The van der Waals surface area contributed by atoms with Crippen molar-refractivity contribution >= 4 is 11.8 Å². The highest BCUT2D eigenvalue weighted by Crippen LogP contribution is 2.30. The molecule has 2 aromatic rings. The number of amides is 2. The summed E-state index contributed by atoms with van der Waals surface area (Å²) in [6.45, 7) is 4.33. The van der Waals surface area contributed by atoms with Crippen LogP contribution in [0.15, 0.2) is 42.5 Å². The van der Waals surface area contributed by atoms with Gasteiger partial charge in [-0.1, -0.05) is 6.07 Å². The molecule has 0 spiro atoms. The van der Waals surface area contributed by atoms with Gasteiger partial charge in [0.2, 0.25) is 0 Å². The van der Waals surface area contributed by atoms with Gasteiger partial charge in [0.25, 0.3) is 11.8 Å². The Hall–Kier alpha value is -3.22. The van der Waals surface area contributed by atoms with E-state index in [1.807, 2.05) is 6.92 Å². The van der Waals surface area contributed by atoms with Crippen LogP contribution in [0, 0.1) is 0 Å². The largest absolute Gasteiger partial charge is 0.496 e. The minimum absolute atomic E-state index is 0.0463. The topological polar surface area (TPSA) is 68.3 Å². The Kier molecular flexibility index (Phi) is 6.59. The van der Waals surface area contributed by atoms with Gasteiger partial charge < -0.3 is 24.0 Å². The Morgan fingerprint density at radius 2 is 1.34 bits per heavy atom. The van der Waals surface area contributed by atoms with Crippen molar-refractivity contribution in [3.8, 4) is 17.2 Å². The summed E-state index contributed by atoms with van der Waals surface area (Å²) < 4.78 is 16.1. The second-order valence-electron chi connectivity index (χ2n) is 6.58. The summed E-state index contributed by atoms with van der Waals surface area (Å²) in [4.78, 5) is 29.3. The standard InChI is InChI=1S/C22H26N2O5/c1-4-29-17-10-8-16(9-11-17)21(25)23-12-14-24(15-13-23)22(26)20-18(27-2)6-5-7-19(20)28-3/h5-11H,4,12-15H2,1-3H3. The predicted octanol–water partition coefficient (Wildman–Crippen LogP) is 2.70. The number of benzene rings is 2. The van der Waals surface area contributed by atoms with Crippen molar-refractivity contribution in [2.24, 2.45) is 0 Å². The molecule has 2 amide bonds. The molecule has 0 saturated carbocycles. The lowest BCUT2D eigenvalue weighted by molar-refractivity contribution is 0.0531. The number of carbonyl (C=O) groups is 2. The minimum atomic E-state index is -0.160. The van der Waals surface area contributed by atoms with Crippen molar-refractivity contribution in [2.45, 2.75) is 6.92 Å². The van der Waals surface area contributed by atoms with Crippen LogP contribution in [0.4, 0.5) is 0 Å². The van der Waals surface area contributed by atoms with Gasteiger partial charge in [0, 0.05) is 31.7 Å². The summed E-state index contributed by atoms with van der Waals surface area (Å²) in [5, 5.41) is 0. The van der Waals surface area contributed by atoms with Gasteiger partial charge in [0.1, 0.15) is 22.8 Å².